The number of anilines is 3. The van der Waals surface area contributed by atoms with Gasteiger partial charge in [-0.05, 0) is 117 Å². The highest BCUT2D eigenvalue weighted by Crippen LogP contribution is 2.53. The third-order valence-electron chi connectivity index (χ3n) is 12.7. The standard InChI is InChI=1S/C57H39NO2/c1-57(2)50-33-26-40(35-49(50)46-31-32-47-45-16-6-8-19-51(45)60-56(47)55(46)57)37-22-27-41(28-23-37)58(43-15-10-14-39(34-43)36-12-4-3-5-13-36)42-29-24-38(25-30-42)44-18-11-21-53-54(44)48-17-7-9-20-52(48)59-53/h3-35H,1-2H3. The third kappa shape index (κ3) is 5.29. The van der Waals surface area contributed by atoms with E-state index in [0.717, 1.165) is 61.3 Å². The fraction of sp³-hybridized carbons (Fsp3) is 0.0526. The molecule has 0 fully saturated rings. The molecule has 60 heavy (non-hydrogen) atoms. The van der Waals surface area contributed by atoms with E-state index in [9.17, 15) is 0 Å². The van der Waals surface area contributed by atoms with Gasteiger partial charge in [0.2, 0.25) is 0 Å². The Hall–Kier alpha value is -7.62. The summed E-state index contributed by atoms with van der Waals surface area (Å²) in [7, 11) is 0. The summed E-state index contributed by atoms with van der Waals surface area (Å²) in [6, 6.07) is 71.9. The van der Waals surface area contributed by atoms with Gasteiger partial charge in [0.25, 0.3) is 0 Å². The van der Waals surface area contributed by atoms with Crippen LogP contribution in [0.25, 0.3) is 88.4 Å². The van der Waals surface area contributed by atoms with Gasteiger partial charge in [-0.25, -0.2) is 0 Å². The number of benzene rings is 9. The van der Waals surface area contributed by atoms with Gasteiger partial charge >= 0.3 is 0 Å². The Bertz CT molecular complexity index is 3440. The average Bonchev–Trinajstić information content (AvgIpc) is 3.95. The summed E-state index contributed by atoms with van der Waals surface area (Å²) in [6.45, 7) is 4.65. The van der Waals surface area contributed by atoms with E-state index in [4.69, 9.17) is 8.83 Å². The van der Waals surface area contributed by atoms with Crippen LogP contribution in [0.1, 0.15) is 25.0 Å². The van der Waals surface area contributed by atoms with Gasteiger partial charge in [-0.1, -0.05) is 147 Å². The lowest BCUT2D eigenvalue weighted by Gasteiger charge is -2.26. The Morgan fingerprint density at radius 2 is 0.967 bits per heavy atom. The molecule has 2 heterocycles. The van der Waals surface area contributed by atoms with Crippen LogP contribution in [0.4, 0.5) is 17.1 Å². The second-order valence-corrected chi connectivity index (χ2v) is 16.5. The lowest BCUT2D eigenvalue weighted by atomic mass is 9.81. The van der Waals surface area contributed by atoms with Crippen molar-refractivity contribution in [3.05, 3.63) is 211 Å². The summed E-state index contributed by atoms with van der Waals surface area (Å²) < 4.78 is 12.8. The molecule has 0 amide bonds. The first-order chi connectivity index (χ1) is 29.5. The summed E-state index contributed by atoms with van der Waals surface area (Å²) in [6.07, 6.45) is 0. The largest absolute Gasteiger partial charge is 0.456 e. The Balaban J connectivity index is 0.939. The van der Waals surface area contributed by atoms with E-state index in [1.54, 1.807) is 0 Å². The normalized spacial score (nSPS) is 13.0. The van der Waals surface area contributed by atoms with Crippen LogP contribution < -0.4 is 4.90 Å². The molecule has 0 bridgehead atoms. The molecular formula is C57H39NO2. The predicted octanol–water partition coefficient (Wildman–Crippen LogP) is 16.3. The lowest BCUT2D eigenvalue weighted by molar-refractivity contribution is 0.620. The van der Waals surface area contributed by atoms with Crippen molar-refractivity contribution in [1.82, 2.24) is 0 Å². The first-order valence-electron chi connectivity index (χ1n) is 20.7. The molecule has 1 aliphatic carbocycles. The van der Waals surface area contributed by atoms with Crippen LogP contribution >= 0.6 is 0 Å². The predicted molar refractivity (Wildman–Crippen MR) is 250 cm³/mol. The lowest BCUT2D eigenvalue weighted by Crippen LogP contribution is -2.15. The average molecular weight is 770 g/mol. The molecule has 2 aromatic heterocycles. The van der Waals surface area contributed by atoms with E-state index < -0.39 is 0 Å². The van der Waals surface area contributed by atoms with Crippen LogP contribution in [-0.2, 0) is 5.41 Å². The molecule has 12 rings (SSSR count). The number of para-hydroxylation sites is 2. The first kappa shape index (κ1) is 34.4. The summed E-state index contributed by atoms with van der Waals surface area (Å²) in [4.78, 5) is 2.36. The van der Waals surface area contributed by atoms with Crippen molar-refractivity contribution in [3.63, 3.8) is 0 Å². The maximum atomic E-state index is 6.57. The van der Waals surface area contributed by atoms with Crippen LogP contribution in [0.15, 0.2) is 209 Å². The maximum Gasteiger partial charge on any atom is 0.140 e. The Labute approximate surface area is 348 Å². The van der Waals surface area contributed by atoms with Crippen LogP contribution in [0.2, 0.25) is 0 Å². The van der Waals surface area contributed by atoms with E-state index in [-0.39, 0.29) is 5.41 Å². The second kappa shape index (κ2) is 13.2. The van der Waals surface area contributed by atoms with E-state index in [1.807, 2.05) is 18.2 Å². The van der Waals surface area contributed by atoms with E-state index in [1.165, 1.54) is 55.3 Å². The van der Waals surface area contributed by atoms with Gasteiger partial charge < -0.3 is 13.7 Å². The Kier molecular flexibility index (Phi) is 7.58. The molecule has 3 heteroatoms. The van der Waals surface area contributed by atoms with Crippen molar-refractivity contribution in [2.24, 2.45) is 0 Å². The van der Waals surface area contributed by atoms with Gasteiger partial charge in [0.15, 0.2) is 0 Å². The summed E-state index contributed by atoms with van der Waals surface area (Å²) in [5.41, 5.74) is 19.0. The molecule has 3 nitrogen and oxygen atoms in total. The molecule has 0 aliphatic heterocycles. The van der Waals surface area contributed by atoms with Gasteiger partial charge in [-0.15, -0.1) is 0 Å². The molecule has 0 spiro atoms. The third-order valence-corrected chi connectivity index (χ3v) is 12.7. The summed E-state index contributed by atoms with van der Waals surface area (Å²) in [5, 5.41) is 4.62. The van der Waals surface area contributed by atoms with E-state index in [0.29, 0.717) is 0 Å². The molecule has 0 N–H and O–H groups in total. The van der Waals surface area contributed by atoms with Gasteiger partial charge in [0, 0.05) is 49.6 Å². The highest BCUT2D eigenvalue weighted by atomic mass is 16.3. The molecule has 11 aromatic rings. The molecule has 0 saturated heterocycles. The fourth-order valence-electron chi connectivity index (χ4n) is 9.77. The zero-order valence-corrected chi connectivity index (χ0v) is 33.3. The molecule has 0 atom stereocenters. The SMILES string of the molecule is CC1(C)c2ccc(-c3ccc(N(c4ccc(-c5cccc6oc7ccccc7c56)cc4)c4cccc(-c5ccccc5)c4)cc3)cc2-c2ccc3c(oc4ccccc43)c21. The summed E-state index contributed by atoms with van der Waals surface area (Å²) in [5.74, 6) is 0. The van der Waals surface area contributed by atoms with E-state index in [2.05, 4.69) is 201 Å². The zero-order valence-electron chi connectivity index (χ0n) is 33.3. The minimum absolute atomic E-state index is 0.191. The number of fused-ring (bicyclic) bond motifs is 10. The van der Waals surface area contributed by atoms with Crippen LogP contribution in [0.3, 0.4) is 0 Å². The zero-order chi connectivity index (χ0) is 40.0. The molecule has 0 unspecified atom stereocenters. The Morgan fingerprint density at radius 1 is 0.367 bits per heavy atom. The van der Waals surface area contributed by atoms with Crippen LogP contribution in [-0.4, -0.2) is 0 Å². The maximum absolute atomic E-state index is 6.57. The van der Waals surface area contributed by atoms with Crippen LogP contribution in [0, 0.1) is 0 Å². The highest BCUT2D eigenvalue weighted by molar-refractivity contribution is 6.12. The highest BCUT2D eigenvalue weighted by Gasteiger charge is 2.38. The molecule has 1 aliphatic rings. The van der Waals surface area contributed by atoms with Crippen molar-refractivity contribution in [2.75, 3.05) is 4.90 Å². The Morgan fingerprint density at radius 3 is 1.75 bits per heavy atom. The quantitative estimate of drug-likeness (QED) is 0.169. The topological polar surface area (TPSA) is 29.5 Å². The van der Waals surface area contributed by atoms with Crippen molar-refractivity contribution < 1.29 is 8.83 Å². The van der Waals surface area contributed by atoms with Gasteiger partial charge in [-0.3, -0.25) is 0 Å². The molecule has 0 radical (unpaired) electrons. The summed E-state index contributed by atoms with van der Waals surface area (Å²) >= 11 is 0. The van der Waals surface area contributed by atoms with Crippen LogP contribution in [0.5, 0.6) is 0 Å². The second-order valence-electron chi connectivity index (χ2n) is 16.5. The number of nitrogens with zero attached hydrogens (tertiary/aromatic N) is 1. The molecule has 284 valence electrons. The van der Waals surface area contributed by atoms with Gasteiger partial charge in [0.1, 0.15) is 22.3 Å². The molecule has 9 aromatic carbocycles. The first-order valence-corrected chi connectivity index (χ1v) is 20.7. The number of hydrogen-bond donors (Lipinski definition) is 0. The minimum atomic E-state index is -0.191. The number of hydrogen-bond acceptors (Lipinski definition) is 3. The molecule has 0 saturated carbocycles. The van der Waals surface area contributed by atoms with Crippen molar-refractivity contribution in [2.45, 2.75) is 19.3 Å². The number of rotatable bonds is 6. The van der Waals surface area contributed by atoms with E-state index >= 15 is 0 Å². The fourth-order valence-corrected chi connectivity index (χ4v) is 9.77. The number of furan rings is 2. The van der Waals surface area contributed by atoms with Crippen molar-refractivity contribution in [1.29, 1.82) is 0 Å². The van der Waals surface area contributed by atoms with Gasteiger partial charge in [-0.2, -0.15) is 0 Å². The minimum Gasteiger partial charge on any atom is -0.456 e. The van der Waals surface area contributed by atoms with Crippen molar-refractivity contribution >= 4 is 60.9 Å². The van der Waals surface area contributed by atoms with Crippen molar-refractivity contribution in [3.8, 4) is 44.5 Å². The molecular weight excluding hydrogens is 731 g/mol. The van der Waals surface area contributed by atoms with Gasteiger partial charge in [0.05, 0.1) is 0 Å². The monoisotopic (exact) mass is 769 g/mol. The smallest absolute Gasteiger partial charge is 0.140 e.